The van der Waals surface area contributed by atoms with Crippen LogP contribution >= 0.6 is 0 Å². The molecule has 0 saturated heterocycles. The first kappa shape index (κ1) is 11.1. The normalized spacial score (nSPS) is 16.1. The van der Waals surface area contributed by atoms with E-state index >= 15 is 0 Å². The minimum atomic E-state index is -0.898. The van der Waals surface area contributed by atoms with Gasteiger partial charge in [0.25, 0.3) is 0 Å². The van der Waals surface area contributed by atoms with Crippen LogP contribution < -0.4 is 5.32 Å². The molecule has 1 aliphatic carbocycles. The van der Waals surface area contributed by atoms with Crippen LogP contribution in [0.25, 0.3) is 0 Å². The molecule has 2 N–H and O–H groups in total. The maximum absolute atomic E-state index is 11.0. The number of hydrogen-bond donors (Lipinski definition) is 2. The molecule has 16 heavy (non-hydrogen) atoms. The highest BCUT2D eigenvalue weighted by Crippen LogP contribution is 2.19. The van der Waals surface area contributed by atoms with Crippen LogP contribution in [0.5, 0.6) is 0 Å². The van der Waals surface area contributed by atoms with Crippen molar-refractivity contribution in [2.75, 3.05) is 0 Å². The monoisotopic (exact) mass is 223 g/mol. The molecule has 1 heterocycles. The molecule has 1 aromatic heterocycles. The fourth-order valence-corrected chi connectivity index (χ4v) is 1.90. The molecule has 1 aliphatic rings. The van der Waals surface area contributed by atoms with Gasteiger partial charge in [-0.1, -0.05) is 6.42 Å². The van der Waals surface area contributed by atoms with Crippen LogP contribution in [0.3, 0.4) is 0 Å². The number of aryl methyl sites for hydroxylation is 1. The second-order valence-electron chi connectivity index (χ2n) is 4.13. The third-order valence-corrected chi connectivity index (χ3v) is 3.14. The molecule has 0 unspecified atom stereocenters. The first-order valence-electron chi connectivity index (χ1n) is 5.73. The van der Waals surface area contributed by atoms with Crippen molar-refractivity contribution < 1.29 is 9.90 Å². The Morgan fingerprint density at radius 2 is 2.44 bits per heavy atom. The summed E-state index contributed by atoms with van der Waals surface area (Å²) in [6.07, 6.45) is 5.10. The van der Waals surface area contributed by atoms with Crippen LogP contribution in [-0.2, 0) is 13.1 Å². The average Bonchev–Trinajstić information content (AvgIpc) is 2.58. The van der Waals surface area contributed by atoms with E-state index in [2.05, 4.69) is 10.4 Å². The van der Waals surface area contributed by atoms with E-state index in [9.17, 15) is 4.79 Å². The summed E-state index contributed by atoms with van der Waals surface area (Å²) in [5.41, 5.74) is 1.09. The van der Waals surface area contributed by atoms with Crippen molar-refractivity contribution in [2.45, 2.75) is 45.3 Å². The van der Waals surface area contributed by atoms with E-state index in [0.29, 0.717) is 24.7 Å². The molecule has 0 aliphatic heterocycles. The number of hydrogen-bond acceptors (Lipinski definition) is 3. The van der Waals surface area contributed by atoms with Gasteiger partial charge in [-0.2, -0.15) is 5.10 Å². The highest BCUT2D eigenvalue weighted by Gasteiger charge is 2.20. The fourth-order valence-electron chi connectivity index (χ4n) is 1.90. The fraction of sp³-hybridized carbons (Fsp3) is 0.636. The van der Waals surface area contributed by atoms with Gasteiger partial charge in [0.2, 0.25) is 0 Å². The SMILES string of the molecule is CCn1ncc(C(=O)O)c1CNC1CCC1. The number of carboxylic acid groups (broad SMARTS) is 1. The van der Waals surface area contributed by atoms with E-state index in [1.807, 2.05) is 6.92 Å². The van der Waals surface area contributed by atoms with Crippen LogP contribution in [0.4, 0.5) is 0 Å². The Labute approximate surface area is 94.5 Å². The summed E-state index contributed by atoms with van der Waals surface area (Å²) >= 11 is 0. The third kappa shape index (κ3) is 2.09. The van der Waals surface area contributed by atoms with Crippen LogP contribution in [0.1, 0.15) is 42.2 Å². The minimum absolute atomic E-state index is 0.314. The molecule has 0 aromatic carbocycles. The Hall–Kier alpha value is -1.36. The largest absolute Gasteiger partial charge is 0.478 e. The Balaban J connectivity index is 2.08. The van der Waals surface area contributed by atoms with E-state index in [1.165, 1.54) is 25.5 Å². The van der Waals surface area contributed by atoms with Crippen molar-refractivity contribution in [3.05, 3.63) is 17.5 Å². The second kappa shape index (κ2) is 4.65. The van der Waals surface area contributed by atoms with Gasteiger partial charge >= 0.3 is 5.97 Å². The Morgan fingerprint density at radius 3 is 2.94 bits per heavy atom. The lowest BCUT2D eigenvalue weighted by atomic mass is 9.93. The number of aromatic nitrogens is 2. The van der Waals surface area contributed by atoms with Crippen molar-refractivity contribution in [2.24, 2.45) is 0 Å². The molecule has 0 radical (unpaired) electrons. The molecule has 0 atom stereocenters. The number of aromatic carboxylic acids is 1. The molecular weight excluding hydrogens is 206 g/mol. The van der Waals surface area contributed by atoms with Gasteiger partial charge in [-0.15, -0.1) is 0 Å². The first-order chi connectivity index (χ1) is 7.72. The zero-order valence-electron chi connectivity index (χ0n) is 9.44. The van der Waals surface area contributed by atoms with Crippen molar-refractivity contribution in [1.29, 1.82) is 0 Å². The predicted octanol–water partition coefficient (Wildman–Crippen LogP) is 1.24. The number of carbonyl (C=O) groups is 1. The van der Waals surface area contributed by atoms with Crippen LogP contribution in [-0.4, -0.2) is 26.9 Å². The van der Waals surface area contributed by atoms with Gasteiger partial charge in [-0.25, -0.2) is 4.79 Å². The van der Waals surface area contributed by atoms with E-state index < -0.39 is 5.97 Å². The van der Waals surface area contributed by atoms with Gasteiger partial charge in [0.15, 0.2) is 0 Å². The summed E-state index contributed by atoms with van der Waals surface area (Å²) in [7, 11) is 0. The zero-order valence-corrected chi connectivity index (χ0v) is 9.44. The summed E-state index contributed by atoms with van der Waals surface area (Å²) in [6, 6.07) is 0.557. The smallest absolute Gasteiger partial charge is 0.339 e. The van der Waals surface area contributed by atoms with Gasteiger partial charge in [0.05, 0.1) is 11.9 Å². The van der Waals surface area contributed by atoms with Gasteiger partial charge in [-0.3, -0.25) is 4.68 Å². The lowest BCUT2D eigenvalue weighted by molar-refractivity contribution is 0.0695. The van der Waals surface area contributed by atoms with E-state index in [-0.39, 0.29) is 0 Å². The maximum atomic E-state index is 11.0. The number of rotatable bonds is 5. The molecular formula is C11H17N3O2. The summed E-state index contributed by atoms with van der Waals surface area (Å²) in [6.45, 7) is 3.26. The summed E-state index contributed by atoms with van der Waals surface area (Å²) in [4.78, 5) is 11.0. The molecule has 5 heteroatoms. The Morgan fingerprint density at radius 1 is 1.69 bits per heavy atom. The lowest BCUT2D eigenvalue weighted by Gasteiger charge is -2.26. The van der Waals surface area contributed by atoms with Crippen molar-refractivity contribution in [3.8, 4) is 0 Å². The average molecular weight is 223 g/mol. The summed E-state index contributed by atoms with van der Waals surface area (Å²) < 4.78 is 1.75. The Kier molecular flexibility index (Phi) is 3.24. The number of nitrogens with zero attached hydrogens (tertiary/aromatic N) is 2. The van der Waals surface area contributed by atoms with Crippen LogP contribution in [0, 0.1) is 0 Å². The molecule has 1 saturated carbocycles. The lowest BCUT2D eigenvalue weighted by Crippen LogP contribution is -2.35. The summed E-state index contributed by atoms with van der Waals surface area (Å²) in [5.74, 6) is -0.898. The Bertz CT molecular complexity index is 383. The third-order valence-electron chi connectivity index (χ3n) is 3.14. The van der Waals surface area contributed by atoms with Crippen molar-refractivity contribution in [3.63, 3.8) is 0 Å². The highest BCUT2D eigenvalue weighted by atomic mass is 16.4. The predicted molar refractivity (Wildman–Crippen MR) is 59.3 cm³/mol. The van der Waals surface area contributed by atoms with E-state index in [4.69, 9.17) is 5.11 Å². The molecule has 1 aromatic rings. The standard InChI is InChI=1S/C11H17N3O2/c1-2-14-10(7-12-8-4-3-5-8)9(6-13-14)11(15)16/h6,8,12H,2-5,7H2,1H3,(H,15,16). The molecule has 88 valence electrons. The van der Waals surface area contributed by atoms with E-state index in [0.717, 1.165) is 5.69 Å². The van der Waals surface area contributed by atoms with Crippen LogP contribution in [0.15, 0.2) is 6.20 Å². The molecule has 1 fully saturated rings. The quantitative estimate of drug-likeness (QED) is 0.788. The minimum Gasteiger partial charge on any atom is -0.478 e. The molecule has 2 rings (SSSR count). The van der Waals surface area contributed by atoms with Gasteiger partial charge < -0.3 is 10.4 Å². The topological polar surface area (TPSA) is 67.2 Å². The number of carboxylic acids is 1. The molecule has 5 nitrogen and oxygen atoms in total. The summed E-state index contributed by atoms with van der Waals surface area (Å²) in [5, 5.41) is 16.5. The van der Waals surface area contributed by atoms with Gasteiger partial charge in [0.1, 0.15) is 5.56 Å². The zero-order chi connectivity index (χ0) is 11.5. The number of nitrogens with one attached hydrogen (secondary N) is 1. The first-order valence-corrected chi connectivity index (χ1v) is 5.73. The highest BCUT2D eigenvalue weighted by molar-refractivity contribution is 5.88. The molecule has 0 bridgehead atoms. The molecule has 0 spiro atoms. The van der Waals surface area contributed by atoms with Crippen molar-refractivity contribution in [1.82, 2.24) is 15.1 Å². The van der Waals surface area contributed by atoms with Crippen molar-refractivity contribution >= 4 is 5.97 Å². The molecule has 0 amide bonds. The second-order valence-corrected chi connectivity index (χ2v) is 4.13. The van der Waals surface area contributed by atoms with Crippen LogP contribution in [0.2, 0.25) is 0 Å². The maximum Gasteiger partial charge on any atom is 0.339 e. The van der Waals surface area contributed by atoms with Gasteiger partial charge in [0, 0.05) is 19.1 Å². The van der Waals surface area contributed by atoms with Gasteiger partial charge in [-0.05, 0) is 19.8 Å². The van der Waals surface area contributed by atoms with E-state index in [1.54, 1.807) is 4.68 Å².